The fraction of sp³-hybridized carbons (Fsp3) is 1.00. The van der Waals surface area contributed by atoms with Gasteiger partial charge in [-0.3, -0.25) is 4.90 Å². The lowest BCUT2D eigenvalue weighted by atomic mass is 9.58. The molecule has 0 aromatic carbocycles. The van der Waals surface area contributed by atoms with Gasteiger partial charge in [-0.1, -0.05) is 13.8 Å². The molecule has 7 nitrogen and oxygen atoms in total. The minimum Gasteiger partial charge on any atom is -0.331 e. The first-order chi connectivity index (χ1) is 12.4. The second-order valence-electron chi connectivity index (χ2n) is 8.85. The van der Waals surface area contributed by atoms with Crippen LogP contribution in [0, 0.1) is 23.7 Å². The maximum Gasteiger partial charge on any atom is 0.195 e. The standard InChI is InChI=1S/C18H29NO6S/c1-11-3-4-14-12(2)16(19-7-9-26(20,21)10-8-19)23-17-18(14)13(11)5-6-15(22-17)24-25-18/h11-17H,3-10H2,1-2H3/t11-,12-,13+,14+,15-,16?,17+,18-/m1/s1. The summed E-state index contributed by atoms with van der Waals surface area (Å²) in [5.74, 6) is 1.90. The van der Waals surface area contributed by atoms with Crippen LogP contribution in [-0.2, 0) is 29.1 Å². The molecular weight excluding hydrogens is 358 g/mol. The van der Waals surface area contributed by atoms with Gasteiger partial charge in [-0.2, -0.15) is 0 Å². The maximum absolute atomic E-state index is 11.8. The summed E-state index contributed by atoms with van der Waals surface area (Å²) in [5.41, 5.74) is -0.525. The largest absolute Gasteiger partial charge is 0.331 e. The van der Waals surface area contributed by atoms with Gasteiger partial charge in [-0.05, 0) is 31.1 Å². The van der Waals surface area contributed by atoms with Gasteiger partial charge < -0.3 is 9.47 Å². The van der Waals surface area contributed by atoms with Gasteiger partial charge in [0.2, 0.25) is 0 Å². The van der Waals surface area contributed by atoms with E-state index in [-0.39, 0.29) is 29.9 Å². The lowest BCUT2D eigenvalue weighted by Gasteiger charge is -2.60. The molecule has 8 heteroatoms. The third-order valence-corrected chi connectivity index (χ3v) is 9.13. The van der Waals surface area contributed by atoms with E-state index in [1.807, 2.05) is 0 Å². The van der Waals surface area contributed by atoms with Crippen molar-refractivity contribution in [2.45, 2.75) is 63.9 Å². The molecule has 5 saturated heterocycles. The molecule has 0 radical (unpaired) electrons. The first kappa shape index (κ1) is 17.8. The van der Waals surface area contributed by atoms with Gasteiger partial charge >= 0.3 is 0 Å². The summed E-state index contributed by atoms with van der Waals surface area (Å²) in [6.45, 7) is 5.59. The van der Waals surface area contributed by atoms with Crippen molar-refractivity contribution in [3.8, 4) is 0 Å². The molecular formula is C18H29NO6S. The number of hydrogen-bond donors (Lipinski definition) is 0. The number of ether oxygens (including phenoxy) is 2. The van der Waals surface area contributed by atoms with Crippen molar-refractivity contribution < 1.29 is 27.7 Å². The normalized spacial score (nSPS) is 53.7. The molecule has 148 valence electrons. The topological polar surface area (TPSA) is 74.3 Å². The summed E-state index contributed by atoms with van der Waals surface area (Å²) in [4.78, 5) is 13.9. The van der Waals surface area contributed by atoms with Crippen molar-refractivity contribution in [3.05, 3.63) is 0 Å². The summed E-state index contributed by atoms with van der Waals surface area (Å²) in [7, 11) is -2.91. The molecule has 5 aliphatic heterocycles. The molecule has 1 saturated carbocycles. The molecule has 0 N–H and O–H groups in total. The summed E-state index contributed by atoms with van der Waals surface area (Å²) in [6.07, 6.45) is 3.22. The minimum absolute atomic E-state index is 0.122. The molecule has 6 rings (SSSR count). The van der Waals surface area contributed by atoms with E-state index in [9.17, 15) is 8.42 Å². The van der Waals surface area contributed by atoms with Crippen LogP contribution in [0.5, 0.6) is 0 Å². The van der Waals surface area contributed by atoms with E-state index in [0.29, 0.717) is 30.8 Å². The Morgan fingerprint density at radius 1 is 0.962 bits per heavy atom. The van der Waals surface area contributed by atoms with Gasteiger partial charge in [0.25, 0.3) is 0 Å². The Morgan fingerprint density at radius 3 is 2.46 bits per heavy atom. The van der Waals surface area contributed by atoms with Crippen LogP contribution in [0.15, 0.2) is 0 Å². The highest BCUT2D eigenvalue weighted by molar-refractivity contribution is 7.91. The molecule has 26 heavy (non-hydrogen) atoms. The van der Waals surface area contributed by atoms with Crippen LogP contribution in [0.25, 0.3) is 0 Å². The number of sulfone groups is 1. The average Bonchev–Trinajstić information content (AvgIpc) is 2.89. The summed E-state index contributed by atoms with van der Waals surface area (Å²) < 4.78 is 36.3. The molecule has 1 unspecified atom stereocenters. The smallest absolute Gasteiger partial charge is 0.195 e. The summed E-state index contributed by atoms with van der Waals surface area (Å²) in [6, 6.07) is 0. The van der Waals surface area contributed by atoms with E-state index in [2.05, 4.69) is 18.7 Å². The molecule has 8 atom stereocenters. The molecule has 2 bridgehead atoms. The first-order valence-corrected chi connectivity index (χ1v) is 11.8. The predicted octanol–water partition coefficient (Wildman–Crippen LogP) is 1.53. The second-order valence-corrected chi connectivity index (χ2v) is 11.2. The van der Waals surface area contributed by atoms with Gasteiger partial charge in [-0.25, -0.2) is 18.2 Å². The zero-order chi connectivity index (χ0) is 18.1. The highest BCUT2D eigenvalue weighted by Gasteiger charge is 2.67. The van der Waals surface area contributed by atoms with Gasteiger partial charge in [0.1, 0.15) is 6.23 Å². The van der Waals surface area contributed by atoms with Gasteiger partial charge in [0.05, 0.1) is 11.5 Å². The van der Waals surface area contributed by atoms with Gasteiger partial charge in [0, 0.05) is 31.3 Å². The fourth-order valence-electron chi connectivity index (χ4n) is 6.11. The number of nitrogens with zero attached hydrogens (tertiary/aromatic N) is 1. The molecule has 0 amide bonds. The van der Waals surface area contributed by atoms with Crippen LogP contribution in [0.3, 0.4) is 0 Å². The van der Waals surface area contributed by atoms with Crippen molar-refractivity contribution in [2.24, 2.45) is 23.7 Å². The number of fused-ring (bicyclic) bond motifs is 2. The molecule has 6 aliphatic rings. The Balaban J connectivity index is 1.46. The Labute approximate surface area is 155 Å². The Morgan fingerprint density at radius 2 is 1.69 bits per heavy atom. The van der Waals surface area contributed by atoms with E-state index in [0.717, 1.165) is 19.3 Å². The van der Waals surface area contributed by atoms with E-state index in [1.54, 1.807) is 0 Å². The summed E-state index contributed by atoms with van der Waals surface area (Å²) >= 11 is 0. The van der Waals surface area contributed by atoms with E-state index in [1.165, 1.54) is 6.42 Å². The monoisotopic (exact) mass is 387 g/mol. The minimum atomic E-state index is -2.91. The fourth-order valence-corrected chi connectivity index (χ4v) is 7.34. The zero-order valence-corrected chi connectivity index (χ0v) is 16.3. The van der Waals surface area contributed by atoms with Crippen molar-refractivity contribution in [2.75, 3.05) is 24.6 Å². The van der Waals surface area contributed by atoms with Crippen molar-refractivity contribution in [3.63, 3.8) is 0 Å². The van der Waals surface area contributed by atoms with E-state index < -0.39 is 21.7 Å². The maximum atomic E-state index is 11.8. The molecule has 0 aromatic heterocycles. The van der Waals surface area contributed by atoms with Gasteiger partial charge in [-0.15, -0.1) is 0 Å². The van der Waals surface area contributed by atoms with Crippen LogP contribution >= 0.6 is 0 Å². The lowest BCUT2D eigenvalue weighted by Crippen LogP contribution is -2.71. The van der Waals surface area contributed by atoms with E-state index >= 15 is 0 Å². The van der Waals surface area contributed by atoms with Crippen LogP contribution in [-0.4, -0.2) is 62.3 Å². The molecule has 1 spiro atoms. The quantitative estimate of drug-likeness (QED) is 0.632. The Hall–Kier alpha value is -0.250. The molecule has 6 fully saturated rings. The number of rotatable bonds is 1. The van der Waals surface area contributed by atoms with Gasteiger partial charge in [0.15, 0.2) is 28.0 Å². The third-order valence-electron chi connectivity index (χ3n) is 7.52. The third kappa shape index (κ3) is 2.53. The van der Waals surface area contributed by atoms with Crippen LogP contribution in [0.2, 0.25) is 0 Å². The van der Waals surface area contributed by atoms with E-state index in [4.69, 9.17) is 19.2 Å². The average molecular weight is 387 g/mol. The molecule has 5 heterocycles. The molecule has 1 aliphatic carbocycles. The van der Waals surface area contributed by atoms with Crippen molar-refractivity contribution in [1.82, 2.24) is 4.90 Å². The van der Waals surface area contributed by atoms with Crippen molar-refractivity contribution >= 4 is 9.84 Å². The summed E-state index contributed by atoms with van der Waals surface area (Å²) in [5, 5.41) is 0. The highest BCUT2D eigenvalue weighted by atomic mass is 32.2. The van der Waals surface area contributed by atoms with Crippen LogP contribution in [0.4, 0.5) is 0 Å². The SMILES string of the molecule is C[C@@H]1CC[C@H]2[C@@H](C)C(N3CCS(=O)(=O)CC3)O[C@@H]3O[C@H]4CC[C@@H]1[C@]32OO4. The lowest BCUT2D eigenvalue weighted by molar-refractivity contribution is -0.547. The molecule has 0 aromatic rings. The van der Waals surface area contributed by atoms with Crippen LogP contribution in [0.1, 0.15) is 39.5 Å². The Kier molecular flexibility index (Phi) is 4.20. The highest BCUT2D eigenvalue weighted by Crippen LogP contribution is 2.59. The predicted molar refractivity (Wildman–Crippen MR) is 92.4 cm³/mol. The van der Waals surface area contributed by atoms with Crippen LogP contribution < -0.4 is 0 Å². The number of hydrogen-bond acceptors (Lipinski definition) is 7. The zero-order valence-electron chi connectivity index (χ0n) is 15.5. The second kappa shape index (κ2) is 6.12. The first-order valence-electron chi connectivity index (χ1n) is 10.0. The van der Waals surface area contributed by atoms with Crippen molar-refractivity contribution in [1.29, 1.82) is 0 Å². The Bertz CT molecular complexity index is 657.